The molecule has 2 aromatic carbocycles. The van der Waals surface area contributed by atoms with Crippen LogP contribution in [0.3, 0.4) is 0 Å². The number of hydrogen-bond acceptors (Lipinski definition) is 5. The summed E-state index contributed by atoms with van der Waals surface area (Å²) in [5, 5.41) is 2.61. The van der Waals surface area contributed by atoms with Crippen LogP contribution >= 0.6 is 0 Å². The first-order chi connectivity index (χ1) is 13.1. The molecule has 0 radical (unpaired) electrons. The average Bonchev–Trinajstić information content (AvgIpc) is 2.70. The summed E-state index contributed by atoms with van der Waals surface area (Å²) in [7, 11) is -3.46. The summed E-state index contributed by atoms with van der Waals surface area (Å²) in [4.78, 5) is 16.8. The third-order valence-corrected chi connectivity index (χ3v) is 5.46. The first-order valence-electron chi connectivity index (χ1n) is 8.30. The van der Waals surface area contributed by atoms with Crippen LogP contribution in [0.25, 0.3) is 0 Å². The maximum atomic E-state index is 12.5. The van der Waals surface area contributed by atoms with E-state index in [-0.39, 0.29) is 28.6 Å². The number of aromatic nitrogens is 1. The highest BCUT2D eigenvalue weighted by Crippen LogP contribution is 2.22. The molecular formula is C20H18N2O4S. The molecule has 138 valence electrons. The van der Waals surface area contributed by atoms with Gasteiger partial charge in [-0.15, -0.1) is 0 Å². The first kappa shape index (κ1) is 18.6. The number of nitrogens with one attached hydrogen (secondary N) is 1. The predicted molar refractivity (Wildman–Crippen MR) is 102 cm³/mol. The van der Waals surface area contributed by atoms with Gasteiger partial charge in [0, 0.05) is 12.7 Å². The minimum absolute atomic E-state index is 0.0181. The number of ether oxygens (including phenoxy) is 1. The molecule has 0 saturated heterocycles. The molecule has 0 aliphatic rings. The number of amides is 1. The van der Waals surface area contributed by atoms with Crippen molar-refractivity contribution < 1.29 is 17.9 Å². The van der Waals surface area contributed by atoms with E-state index in [1.807, 2.05) is 18.2 Å². The van der Waals surface area contributed by atoms with Crippen LogP contribution in [0.2, 0.25) is 0 Å². The van der Waals surface area contributed by atoms with Gasteiger partial charge in [0.15, 0.2) is 9.84 Å². The molecule has 0 saturated carbocycles. The Morgan fingerprint density at radius 3 is 2.30 bits per heavy atom. The molecule has 1 heterocycles. The number of benzene rings is 2. The van der Waals surface area contributed by atoms with Gasteiger partial charge < -0.3 is 10.1 Å². The van der Waals surface area contributed by atoms with Crippen LogP contribution in [0.4, 0.5) is 0 Å². The Labute approximate surface area is 157 Å². The van der Waals surface area contributed by atoms with Crippen molar-refractivity contribution in [2.75, 3.05) is 12.3 Å². The molecule has 6 nitrogen and oxygen atoms in total. The minimum Gasteiger partial charge on any atom is -0.438 e. The Morgan fingerprint density at radius 1 is 0.926 bits per heavy atom. The molecule has 1 aromatic heterocycles. The number of nitrogens with zero attached hydrogens (tertiary/aromatic N) is 1. The molecule has 27 heavy (non-hydrogen) atoms. The van der Waals surface area contributed by atoms with Crippen LogP contribution in [0.1, 0.15) is 10.4 Å². The van der Waals surface area contributed by atoms with E-state index in [9.17, 15) is 13.2 Å². The lowest BCUT2D eigenvalue weighted by atomic mass is 10.2. The molecule has 0 aliphatic carbocycles. The van der Waals surface area contributed by atoms with Gasteiger partial charge in [0.25, 0.3) is 5.91 Å². The van der Waals surface area contributed by atoms with Gasteiger partial charge in [0.1, 0.15) is 11.3 Å². The second-order valence-electron chi connectivity index (χ2n) is 5.66. The lowest BCUT2D eigenvalue weighted by Crippen LogP contribution is -2.29. The van der Waals surface area contributed by atoms with Crippen molar-refractivity contribution in [3.63, 3.8) is 0 Å². The quantitative estimate of drug-likeness (QED) is 0.679. The zero-order valence-electron chi connectivity index (χ0n) is 14.4. The zero-order valence-corrected chi connectivity index (χ0v) is 15.2. The van der Waals surface area contributed by atoms with E-state index < -0.39 is 15.7 Å². The number of carbonyl (C=O) groups is 1. The van der Waals surface area contributed by atoms with Crippen LogP contribution in [0.15, 0.2) is 83.9 Å². The molecule has 1 amide bonds. The minimum atomic E-state index is -3.46. The van der Waals surface area contributed by atoms with Crippen LogP contribution in [0.5, 0.6) is 11.6 Å². The SMILES string of the molecule is O=C(NCCS(=O)(=O)c1ccccc1)c1cccnc1Oc1ccccc1. The molecule has 0 fully saturated rings. The molecular weight excluding hydrogens is 364 g/mol. The summed E-state index contributed by atoms with van der Waals surface area (Å²) in [6.07, 6.45) is 1.52. The summed E-state index contributed by atoms with van der Waals surface area (Å²) < 4.78 is 30.2. The second kappa shape index (κ2) is 8.46. The Bertz CT molecular complexity index is 1010. The Balaban J connectivity index is 1.65. The van der Waals surface area contributed by atoms with Crippen molar-refractivity contribution in [2.24, 2.45) is 0 Å². The maximum absolute atomic E-state index is 12.5. The smallest absolute Gasteiger partial charge is 0.256 e. The Kier molecular flexibility index (Phi) is 5.83. The highest BCUT2D eigenvalue weighted by Gasteiger charge is 2.17. The molecule has 0 unspecified atom stereocenters. The third kappa shape index (κ3) is 4.92. The van der Waals surface area contributed by atoms with E-state index in [0.717, 1.165) is 0 Å². The molecule has 3 aromatic rings. The highest BCUT2D eigenvalue weighted by atomic mass is 32.2. The zero-order chi connectivity index (χ0) is 19.1. The van der Waals surface area contributed by atoms with Crippen molar-refractivity contribution >= 4 is 15.7 Å². The van der Waals surface area contributed by atoms with E-state index >= 15 is 0 Å². The molecule has 0 spiro atoms. The van der Waals surface area contributed by atoms with Gasteiger partial charge in [-0.25, -0.2) is 13.4 Å². The van der Waals surface area contributed by atoms with Gasteiger partial charge in [-0.1, -0.05) is 36.4 Å². The van der Waals surface area contributed by atoms with E-state index in [4.69, 9.17) is 4.74 Å². The van der Waals surface area contributed by atoms with Crippen molar-refractivity contribution in [2.45, 2.75) is 4.90 Å². The second-order valence-corrected chi connectivity index (χ2v) is 7.77. The molecule has 7 heteroatoms. The van der Waals surface area contributed by atoms with Crippen LogP contribution in [-0.4, -0.2) is 31.6 Å². The van der Waals surface area contributed by atoms with Gasteiger partial charge in [0.2, 0.25) is 5.88 Å². The molecule has 0 aliphatic heterocycles. The summed E-state index contributed by atoms with van der Waals surface area (Å²) in [5.41, 5.74) is 0.235. The van der Waals surface area contributed by atoms with Gasteiger partial charge in [-0.3, -0.25) is 4.79 Å². The Morgan fingerprint density at radius 2 is 1.59 bits per heavy atom. The summed E-state index contributed by atoms with van der Waals surface area (Å²) >= 11 is 0. The maximum Gasteiger partial charge on any atom is 0.256 e. The van der Waals surface area contributed by atoms with Crippen LogP contribution in [-0.2, 0) is 9.84 Å². The van der Waals surface area contributed by atoms with Crippen molar-refractivity contribution in [1.82, 2.24) is 10.3 Å². The summed E-state index contributed by atoms with van der Waals surface area (Å²) in [6, 6.07) is 20.3. The molecule has 0 atom stereocenters. The average molecular weight is 382 g/mol. The fourth-order valence-electron chi connectivity index (χ4n) is 2.38. The normalized spacial score (nSPS) is 11.0. The summed E-state index contributed by atoms with van der Waals surface area (Å²) in [6.45, 7) is -0.0181. The largest absolute Gasteiger partial charge is 0.438 e. The van der Waals surface area contributed by atoms with Gasteiger partial charge in [-0.2, -0.15) is 0 Å². The number of rotatable bonds is 7. The van der Waals surface area contributed by atoms with E-state index in [1.54, 1.807) is 42.5 Å². The molecule has 0 bridgehead atoms. The van der Waals surface area contributed by atoms with Crippen LogP contribution < -0.4 is 10.1 Å². The monoisotopic (exact) mass is 382 g/mol. The topological polar surface area (TPSA) is 85.4 Å². The predicted octanol–water partition coefficient (Wildman–Crippen LogP) is 3.08. The summed E-state index contributed by atoms with van der Waals surface area (Å²) in [5.74, 6) is 0.0686. The van der Waals surface area contributed by atoms with Crippen molar-refractivity contribution in [1.29, 1.82) is 0 Å². The fraction of sp³-hybridized carbons (Fsp3) is 0.100. The van der Waals surface area contributed by atoms with Gasteiger partial charge >= 0.3 is 0 Å². The van der Waals surface area contributed by atoms with Gasteiger partial charge in [-0.05, 0) is 36.4 Å². The number of carbonyl (C=O) groups excluding carboxylic acids is 1. The lowest BCUT2D eigenvalue weighted by Gasteiger charge is -2.10. The molecule has 3 rings (SSSR count). The lowest BCUT2D eigenvalue weighted by molar-refractivity contribution is 0.0953. The first-order valence-corrected chi connectivity index (χ1v) is 9.95. The van der Waals surface area contributed by atoms with Crippen molar-refractivity contribution in [3.8, 4) is 11.6 Å². The Hall–Kier alpha value is -3.19. The van der Waals surface area contributed by atoms with E-state index in [2.05, 4.69) is 10.3 Å². The van der Waals surface area contributed by atoms with E-state index in [0.29, 0.717) is 5.75 Å². The number of para-hydroxylation sites is 1. The highest BCUT2D eigenvalue weighted by molar-refractivity contribution is 7.91. The van der Waals surface area contributed by atoms with Crippen LogP contribution in [0, 0.1) is 0 Å². The number of sulfone groups is 1. The van der Waals surface area contributed by atoms with Gasteiger partial charge in [0.05, 0.1) is 10.6 Å². The number of hydrogen-bond donors (Lipinski definition) is 1. The fourth-order valence-corrected chi connectivity index (χ4v) is 3.56. The molecule has 1 N–H and O–H groups in total. The third-order valence-electron chi connectivity index (χ3n) is 3.73. The number of pyridine rings is 1. The van der Waals surface area contributed by atoms with Crippen molar-refractivity contribution in [3.05, 3.63) is 84.6 Å². The standard InChI is InChI=1S/C20H18N2O4S/c23-19(21-14-15-27(24,25)17-10-5-2-6-11-17)18-12-7-13-22-20(18)26-16-8-3-1-4-9-16/h1-13H,14-15H2,(H,21,23). The van der Waals surface area contributed by atoms with E-state index in [1.165, 1.54) is 18.3 Å².